The quantitative estimate of drug-likeness (QED) is 0.651. The van der Waals surface area contributed by atoms with Gasteiger partial charge in [0, 0.05) is 20.0 Å². The zero-order chi connectivity index (χ0) is 14.7. The number of anilines is 1. The van der Waals surface area contributed by atoms with Gasteiger partial charge in [0.1, 0.15) is 5.69 Å². The predicted octanol–water partition coefficient (Wildman–Crippen LogP) is 1.41. The largest absolute Gasteiger partial charge is 0.392 e. The van der Waals surface area contributed by atoms with Crippen molar-refractivity contribution in [1.82, 2.24) is 10.1 Å². The molecule has 0 unspecified atom stereocenters. The molecular formula is C12H14N4O4. The van der Waals surface area contributed by atoms with Crippen LogP contribution in [0.4, 0.5) is 11.4 Å². The van der Waals surface area contributed by atoms with E-state index in [0.717, 1.165) is 0 Å². The van der Waals surface area contributed by atoms with Crippen molar-refractivity contribution in [2.45, 2.75) is 20.1 Å². The molecular weight excluding hydrogens is 264 g/mol. The summed E-state index contributed by atoms with van der Waals surface area (Å²) in [5, 5.41) is 23.9. The van der Waals surface area contributed by atoms with Gasteiger partial charge < -0.3 is 14.5 Å². The number of aliphatic hydroxyl groups excluding tert-OH is 1. The number of nitrogens with zero attached hydrogens (tertiary/aromatic N) is 4. The lowest BCUT2D eigenvalue weighted by atomic mass is 10.1. The molecule has 8 heteroatoms. The molecule has 0 aliphatic rings. The fourth-order valence-electron chi connectivity index (χ4n) is 1.83. The number of aryl methyl sites for hydroxylation is 1. The van der Waals surface area contributed by atoms with E-state index in [1.807, 2.05) is 0 Å². The third-order valence-electron chi connectivity index (χ3n) is 2.78. The van der Waals surface area contributed by atoms with Crippen molar-refractivity contribution in [2.75, 3.05) is 11.9 Å². The Morgan fingerprint density at radius 2 is 2.25 bits per heavy atom. The summed E-state index contributed by atoms with van der Waals surface area (Å²) in [6, 6.07) is 4.47. The number of nitro benzene ring substituents is 1. The first-order valence-electron chi connectivity index (χ1n) is 5.89. The second-order valence-corrected chi connectivity index (χ2v) is 4.32. The summed E-state index contributed by atoms with van der Waals surface area (Å²) < 4.78 is 4.86. The number of aromatic nitrogens is 2. The van der Waals surface area contributed by atoms with Crippen molar-refractivity contribution in [2.24, 2.45) is 0 Å². The molecule has 0 amide bonds. The van der Waals surface area contributed by atoms with Gasteiger partial charge in [-0.3, -0.25) is 10.1 Å². The van der Waals surface area contributed by atoms with Crippen LogP contribution in [0.3, 0.4) is 0 Å². The second kappa shape index (κ2) is 5.66. The lowest BCUT2D eigenvalue weighted by molar-refractivity contribution is -0.384. The van der Waals surface area contributed by atoms with Crippen LogP contribution in [0, 0.1) is 17.0 Å². The molecule has 2 rings (SSSR count). The Bertz CT molecular complexity index is 626. The van der Waals surface area contributed by atoms with E-state index in [9.17, 15) is 10.1 Å². The molecule has 0 bridgehead atoms. The monoisotopic (exact) mass is 278 g/mol. The summed E-state index contributed by atoms with van der Waals surface area (Å²) in [5.74, 6) is 0.876. The van der Waals surface area contributed by atoms with Crippen LogP contribution in [-0.4, -0.2) is 27.2 Å². The van der Waals surface area contributed by atoms with Crippen LogP contribution in [0.15, 0.2) is 22.7 Å². The van der Waals surface area contributed by atoms with Crippen LogP contribution >= 0.6 is 0 Å². The topological polar surface area (TPSA) is 106 Å². The Morgan fingerprint density at radius 1 is 1.50 bits per heavy atom. The minimum Gasteiger partial charge on any atom is -0.392 e. The molecule has 0 saturated carbocycles. The fraction of sp³-hybridized carbons (Fsp3) is 0.333. The average molecular weight is 278 g/mol. The van der Waals surface area contributed by atoms with Gasteiger partial charge in [0.25, 0.3) is 5.69 Å². The molecule has 106 valence electrons. The van der Waals surface area contributed by atoms with Gasteiger partial charge in [-0.05, 0) is 17.7 Å². The van der Waals surface area contributed by atoms with Gasteiger partial charge in [-0.15, -0.1) is 0 Å². The smallest absolute Gasteiger partial charge is 0.292 e. The normalized spacial score (nSPS) is 10.6. The Hall–Kier alpha value is -2.48. The second-order valence-electron chi connectivity index (χ2n) is 4.32. The summed E-state index contributed by atoms with van der Waals surface area (Å²) in [6.07, 6.45) is 0. The van der Waals surface area contributed by atoms with Crippen molar-refractivity contribution >= 4 is 11.4 Å². The summed E-state index contributed by atoms with van der Waals surface area (Å²) in [4.78, 5) is 16.3. The standard InChI is InChI=1S/C12H14N4O4/c1-8-13-12(14-20-8)6-15(2)11-5-9(7-17)3-4-10(11)16(18)19/h3-5,17H,6-7H2,1-2H3. The molecule has 0 aliphatic carbocycles. The number of hydrogen-bond donors (Lipinski definition) is 1. The van der Waals surface area contributed by atoms with Crippen molar-refractivity contribution < 1.29 is 14.6 Å². The minimum atomic E-state index is -0.464. The Morgan fingerprint density at radius 3 is 2.80 bits per heavy atom. The molecule has 0 fully saturated rings. The van der Waals surface area contributed by atoms with Crippen LogP contribution in [-0.2, 0) is 13.2 Å². The van der Waals surface area contributed by atoms with Crippen LogP contribution in [0.5, 0.6) is 0 Å². The minimum absolute atomic E-state index is 0.0371. The molecule has 0 radical (unpaired) electrons. The number of benzene rings is 1. The Labute approximate surface area is 114 Å². The first-order valence-corrected chi connectivity index (χ1v) is 5.89. The molecule has 0 saturated heterocycles. The molecule has 1 aromatic carbocycles. The third-order valence-corrected chi connectivity index (χ3v) is 2.78. The summed E-state index contributed by atoms with van der Waals surface area (Å²) in [7, 11) is 1.69. The highest BCUT2D eigenvalue weighted by atomic mass is 16.6. The van der Waals surface area contributed by atoms with E-state index in [4.69, 9.17) is 9.63 Å². The van der Waals surface area contributed by atoms with E-state index >= 15 is 0 Å². The molecule has 1 aromatic heterocycles. The molecule has 0 aliphatic heterocycles. The highest BCUT2D eigenvalue weighted by Gasteiger charge is 2.19. The highest BCUT2D eigenvalue weighted by Crippen LogP contribution is 2.29. The van der Waals surface area contributed by atoms with Crippen LogP contribution < -0.4 is 4.90 Å². The van der Waals surface area contributed by atoms with Gasteiger partial charge in [0.05, 0.1) is 18.1 Å². The lowest BCUT2D eigenvalue weighted by Gasteiger charge is -2.17. The number of aliphatic hydroxyl groups is 1. The van der Waals surface area contributed by atoms with Gasteiger partial charge >= 0.3 is 0 Å². The van der Waals surface area contributed by atoms with Gasteiger partial charge in [-0.2, -0.15) is 4.98 Å². The maximum Gasteiger partial charge on any atom is 0.292 e. The number of hydrogen-bond acceptors (Lipinski definition) is 7. The average Bonchev–Trinajstić information content (AvgIpc) is 2.83. The van der Waals surface area contributed by atoms with Crippen LogP contribution in [0.25, 0.3) is 0 Å². The van der Waals surface area contributed by atoms with Gasteiger partial charge in [-0.25, -0.2) is 0 Å². The number of rotatable bonds is 5. The van der Waals surface area contributed by atoms with Crippen LogP contribution in [0.2, 0.25) is 0 Å². The van der Waals surface area contributed by atoms with Gasteiger partial charge in [0.15, 0.2) is 5.82 Å². The number of nitro groups is 1. The van der Waals surface area contributed by atoms with E-state index in [-0.39, 0.29) is 18.8 Å². The fourth-order valence-corrected chi connectivity index (χ4v) is 1.83. The van der Waals surface area contributed by atoms with Crippen molar-refractivity contribution in [3.05, 3.63) is 45.6 Å². The maximum absolute atomic E-state index is 11.0. The molecule has 2 aromatic rings. The lowest BCUT2D eigenvalue weighted by Crippen LogP contribution is -2.19. The van der Waals surface area contributed by atoms with Crippen molar-refractivity contribution in [1.29, 1.82) is 0 Å². The zero-order valence-electron chi connectivity index (χ0n) is 11.1. The third kappa shape index (κ3) is 2.91. The van der Waals surface area contributed by atoms with E-state index in [1.54, 1.807) is 24.9 Å². The highest BCUT2D eigenvalue weighted by molar-refractivity contribution is 5.64. The van der Waals surface area contributed by atoms with E-state index in [0.29, 0.717) is 23.0 Å². The summed E-state index contributed by atoms with van der Waals surface area (Å²) in [6.45, 7) is 1.76. The Kier molecular flexibility index (Phi) is 3.94. The van der Waals surface area contributed by atoms with Crippen LogP contribution in [0.1, 0.15) is 17.3 Å². The zero-order valence-corrected chi connectivity index (χ0v) is 11.1. The summed E-state index contributed by atoms with van der Waals surface area (Å²) >= 11 is 0. The predicted molar refractivity (Wildman–Crippen MR) is 70.2 cm³/mol. The first-order chi connectivity index (χ1) is 9.51. The first kappa shape index (κ1) is 13.9. The molecule has 0 spiro atoms. The Balaban J connectivity index is 2.31. The summed E-state index contributed by atoms with van der Waals surface area (Å²) in [5.41, 5.74) is 0.954. The van der Waals surface area contributed by atoms with E-state index < -0.39 is 4.92 Å². The van der Waals surface area contributed by atoms with Crippen molar-refractivity contribution in [3.63, 3.8) is 0 Å². The molecule has 20 heavy (non-hydrogen) atoms. The van der Waals surface area contributed by atoms with E-state index in [1.165, 1.54) is 12.1 Å². The molecule has 0 atom stereocenters. The SMILES string of the molecule is Cc1nc(CN(C)c2cc(CO)ccc2[N+](=O)[O-])no1. The maximum atomic E-state index is 11.0. The van der Waals surface area contributed by atoms with Crippen molar-refractivity contribution in [3.8, 4) is 0 Å². The molecule has 1 heterocycles. The van der Waals surface area contributed by atoms with E-state index in [2.05, 4.69) is 10.1 Å². The van der Waals surface area contributed by atoms with Gasteiger partial charge in [-0.1, -0.05) is 5.16 Å². The van der Waals surface area contributed by atoms with Gasteiger partial charge in [0.2, 0.25) is 5.89 Å². The molecule has 1 N–H and O–H groups in total. The molecule has 8 nitrogen and oxygen atoms in total.